The maximum Gasteiger partial charge on any atom is 0.255 e. The Bertz CT molecular complexity index is 741. The SMILES string of the molecule is CN(C)CC(C)(O)c1ccc2c(c1)CN(C(=O)c1ccsc1)CCO2. The topological polar surface area (TPSA) is 53.0 Å². The molecule has 2 heterocycles. The lowest BCUT2D eigenvalue weighted by Crippen LogP contribution is -2.35. The first-order valence-corrected chi connectivity index (χ1v) is 9.26. The summed E-state index contributed by atoms with van der Waals surface area (Å²) in [7, 11) is 3.87. The van der Waals surface area contributed by atoms with Crippen molar-refractivity contribution in [1.82, 2.24) is 9.80 Å². The van der Waals surface area contributed by atoms with Gasteiger partial charge in [0.25, 0.3) is 5.91 Å². The van der Waals surface area contributed by atoms with Crippen molar-refractivity contribution in [2.24, 2.45) is 0 Å². The molecule has 0 aliphatic carbocycles. The summed E-state index contributed by atoms with van der Waals surface area (Å²) in [6, 6.07) is 7.60. The summed E-state index contributed by atoms with van der Waals surface area (Å²) in [6.07, 6.45) is 0. The summed E-state index contributed by atoms with van der Waals surface area (Å²) in [5.41, 5.74) is 1.50. The first-order chi connectivity index (χ1) is 11.9. The van der Waals surface area contributed by atoms with Crippen molar-refractivity contribution in [2.45, 2.75) is 19.1 Å². The molecule has 25 heavy (non-hydrogen) atoms. The average Bonchev–Trinajstić information content (AvgIpc) is 2.99. The van der Waals surface area contributed by atoms with Crippen LogP contribution in [0.4, 0.5) is 0 Å². The van der Waals surface area contributed by atoms with Gasteiger partial charge in [0.2, 0.25) is 0 Å². The van der Waals surface area contributed by atoms with E-state index in [1.54, 1.807) is 11.8 Å². The van der Waals surface area contributed by atoms with Gasteiger partial charge < -0.3 is 19.6 Å². The van der Waals surface area contributed by atoms with Crippen LogP contribution in [0.2, 0.25) is 0 Å². The van der Waals surface area contributed by atoms with E-state index in [1.165, 1.54) is 11.3 Å². The van der Waals surface area contributed by atoms with Crippen molar-refractivity contribution in [1.29, 1.82) is 0 Å². The quantitative estimate of drug-likeness (QED) is 0.910. The van der Waals surface area contributed by atoms with Crippen LogP contribution in [-0.2, 0) is 12.1 Å². The molecule has 0 radical (unpaired) electrons. The third kappa shape index (κ3) is 4.03. The number of thiophene rings is 1. The number of carbonyl (C=O) groups is 1. The molecule has 0 saturated carbocycles. The number of hydrogen-bond acceptors (Lipinski definition) is 5. The van der Waals surface area contributed by atoms with Gasteiger partial charge in [-0.15, -0.1) is 0 Å². The van der Waals surface area contributed by atoms with Crippen molar-refractivity contribution in [3.8, 4) is 5.75 Å². The number of aliphatic hydroxyl groups is 1. The summed E-state index contributed by atoms with van der Waals surface area (Å²) in [5.74, 6) is 0.799. The minimum Gasteiger partial charge on any atom is -0.491 e. The summed E-state index contributed by atoms with van der Waals surface area (Å²) in [4.78, 5) is 16.4. The van der Waals surface area contributed by atoms with Crippen molar-refractivity contribution in [2.75, 3.05) is 33.8 Å². The fourth-order valence-electron chi connectivity index (χ4n) is 3.18. The maximum atomic E-state index is 12.7. The van der Waals surface area contributed by atoms with Crippen LogP contribution in [0.5, 0.6) is 5.75 Å². The highest BCUT2D eigenvalue weighted by Gasteiger charge is 2.27. The van der Waals surface area contributed by atoms with Gasteiger partial charge in [-0.05, 0) is 50.2 Å². The Morgan fingerprint density at radius 3 is 2.88 bits per heavy atom. The normalized spacial score (nSPS) is 16.8. The second-order valence-corrected chi connectivity index (χ2v) is 7.70. The average molecular weight is 360 g/mol. The molecule has 1 atom stereocenters. The molecular formula is C19H24N2O3S. The van der Waals surface area contributed by atoms with E-state index < -0.39 is 5.60 Å². The second-order valence-electron chi connectivity index (χ2n) is 6.92. The number of amides is 1. The number of likely N-dealkylation sites (N-methyl/N-ethyl adjacent to an activating group) is 1. The zero-order valence-electron chi connectivity index (χ0n) is 14.9. The molecule has 1 amide bonds. The third-order valence-electron chi connectivity index (χ3n) is 4.34. The van der Waals surface area contributed by atoms with E-state index in [0.717, 1.165) is 16.9 Å². The van der Waals surface area contributed by atoms with Crippen molar-refractivity contribution in [3.05, 3.63) is 51.7 Å². The van der Waals surface area contributed by atoms with E-state index in [9.17, 15) is 9.90 Å². The smallest absolute Gasteiger partial charge is 0.255 e. The van der Waals surface area contributed by atoms with Gasteiger partial charge in [0.05, 0.1) is 17.7 Å². The standard InChI is InChI=1S/C19H24N2O3S/c1-19(23,13-20(2)3)16-4-5-17-15(10-16)11-21(7-8-24-17)18(22)14-6-9-25-12-14/h4-6,9-10,12,23H,7-8,11,13H2,1-3H3. The Hall–Kier alpha value is -1.89. The van der Waals surface area contributed by atoms with Gasteiger partial charge in [-0.2, -0.15) is 11.3 Å². The molecule has 0 fully saturated rings. The van der Waals surface area contributed by atoms with Crippen molar-refractivity contribution >= 4 is 17.2 Å². The molecule has 5 nitrogen and oxygen atoms in total. The summed E-state index contributed by atoms with van der Waals surface area (Å²) in [5, 5.41) is 14.6. The van der Waals surface area contributed by atoms with E-state index in [1.807, 2.05) is 54.0 Å². The largest absolute Gasteiger partial charge is 0.491 e. The zero-order valence-corrected chi connectivity index (χ0v) is 15.7. The van der Waals surface area contributed by atoms with Gasteiger partial charge in [0, 0.05) is 24.0 Å². The third-order valence-corrected chi connectivity index (χ3v) is 5.03. The molecule has 6 heteroatoms. The number of hydrogen-bond donors (Lipinski definition) is 1. The van der Waals surface area contributed by atoms with E-state index >= 15 is 0 Å². The molecule has 1 N–H and O–H groups in total. The van der Waals surface area contributed by atoms with Crippen LogP contribution in [0.25, 0.3) is 0 Å². The highest BCUT2D eigenvalue weighted by Crippen LogP contribution is 2.30. The lowest BCUT2D eigenvalue weighted by Gasteiger charge is -2.28. The van der Waals surface area contributed by atoms with Crippen LogP contribution in [-0.4, -0.2) is 54.6 Å². The molecule has 134 valence electrons. The second kappa shape index (κ2) is 7.15. The number of rotatable bonds is 4. The number of carbonyl (C=O) groups excluding carboxylic acids is 1. The van der Waals surface area contributed by atoms with Crippen LogP contribution in [0.1, 0.15) is 28.4 Å². The first-order valence-electron chi connectivity index (χ1n) is 8.31. The molecule has 0 spiro atoms. The molecule has 1 aliphatic rings. The monoisotopic (exact) mass is 360 g/mol. The number of ether oxygens (including phenoxy) is 1. The molecule has 1 aromatic carbocycles. The van der Waals surface area contributed by atoms with E-state index in [2.05, 4.69) is 0 Å². The van der Waals surface area contributed by atoms with E-state index in [0.29, 0.717) is 31.8 Å². The Labute approximate surface area is 152 Å². The van der Waals surface area contributed by atoms with Gasteiger partial charge in [-0.25, -0.2) is 0 Å². The van der Waals surface area contributed by atoms with Crippen LogP contribution in [0, 0.1) is 0 Å². The molecule has 1 unspecified atom stereocenters. The van der Waals surface area contributed by atoms with E-state index in [-0.39, 0.29) is 5.91 Å². The van der Waals surface area contributed by atoms with Crippen molar-refractivity contribution < 1.29 is 14.6 Å². The van der Waals surface area contributed by atoms with Gasteiger partial charge in [-0.1, -0.05) is 6.07 Å². The lowest BCUT2D eigenvalue weighted by atomic mass is 9.93. The van der Waals surface area contributed by atoms with Gasteiger partial charge >= 0.3 is 0 Å². The number of fused-ring (bicyclic) bond motifs is 1. The van der Waals surface area contributed by atoms with Crippen LogP contribution >= 0.6 is 11.3 Å². The van der Waals surface area contributed by atoms with Crippen LogP contribution in [0.3, 0.4) is 0 Å². The van der Waals surface area contributed by atoms with E-state index in [4.69, 9.17) is 4.74 Å². The lowest BCUT2D eigenvalue weighted by molar-refractivity contribution is 0.0299. The van der Waals surface area contributed by atoms with Gasteiger partial charge in [-0.3, -0.25) is 4.79 Å². The first kappa shape index (κ1) is 17.9. The molecule has 1 aromatic heterocycles. The molecule has 1 aliphatic heterocycles. The minimum absolute atomic E-state index is 0.0168. The highest BCUT2D eigenvalue weighted by atomic mass is 32.1. The zero-order chi connectivity index (χ0) is 18.0. The minimum atomic E-state index is -0.965. The predicted octanol–water partition coefficient (Wildman–Crippen LogP) is 2.55. The molecule has 3 rings (SSSR count). The Morgan fingerprint density at radius 2 is 2.20 bits per heavy atom. The van der Waals surface area contributed by atoms with Gasteiger partial charge in [0.15, 0.2) is 0 Å². The number of nitrogens with zero attached hydrogens (tertiary/aromatic N) is 2. The van der Waals surface area contributed by atoms with Gasteiger partial charge in [0.1, 0.15) is 12.4 Å². The maximum absolute atomic E-state index is 12.7. The predicted molar refractivity (Wildman–Crippen MR) is 99.1 cm³/mol. The highest BCUT2D eigenvalue weighted by molar-refractivity contribution is 7.08. The summed E-state index contributed by atoms with van der Waals surface area (Å²) >= 11 is 1.52. The Kier molecular flexibility index (Phi) is 5.13. The molecule has 2 aromatic rings. The van der Waals surface area contributed by atoms with Crippen LogP contribution < -0.4 is 4.74 Å². The summed E-state index contributed by atoms with van der Waals surface area (Å²) in [6.45, 7) is 3.82. The molecule has 0 saturated heterocycles. The number of benzene rings is 1. The molecule has 0 bridgehead atoms. The van der Waals surface area contributed by atoms with Crippen LogP contribution in [0.15, 0.2) is 35.0 Å². The Morgan fingerprint density at radius 1 is 1.40 bits per heavy atom. The fourth-order valence-corrected chi connectivity index (χ4v) is 3.81. The Balaban J connectivity index is 1.87. The summed E-state index contributed by atoms with van der Waals surface area (Å²) < 4.78 is 5.81. The van der Waals surface area contributed by atoms with Crippen molar-refractivity contribution in [3.63, 3.8) is 0 Å². The molecular weight excluding hydrogens is 336 g/mol. The fraction of sp³-hybridized carbons (Fsp3) is 0.421.